The number of rotatable bonds is 4. The van der Waals surface area contributed by atoms with Crippen LogP contribution >= 0.6 is 0 Å². The van der Waals surface area contributed by atoms with E-state index >= 15 is 0 Å². The highest BCUT2D eigenvalue weighted by Gasteiger charge is 2.25. The molecule has 0 aliphatic carbocycles. The Morgan fingerprint density at radius 1 is 1.42 bits per heavy atom. The molecule has 1 aliphatic rings. The summed E-state index contributed by atoms with van der Waals surface area (Å²) in [4.78, 5) is 0. The minimum absolute atomic E-state index is 0.408. The van der Waals surface area contributed by atoms with Crippen LogP contribution in [0.2, 0.25) is 0 Å². The van der Waals surface area contributed by atoms with Gasteiger partial charge in [-0.15, -0.1) is 0 Å². The fraction of sp³-hybridized carbons (Fsp3) is 1.00. The number of hydrogen-bond acceptors (Lipinski definition) is 2. The van der Waals surface area contributed by atoms with Crippen LogP contribution in [0.15, 0.2) is 0 Å². The Bertz CT molecular complexity index is 123. The second kappa shape index (κ2) is 4.83. The van der Waals surface area contributed by atoms with Crippen molar-refractivity contribution < 1.29 is 4.74 Å². The molecule has 1 saturated heterocycles. The fourth-order valence-corrected chi connectivity index (χ4v) is 1.78. The maximum atomic E-state index is 5.49. The highest BCUT2D eigenvalue weighted by molar-refractivity contribution is 4.81. The Morgan fingerprint density at radius 3 is 2.50 bits per heavy atom. The van der Waals surface area contributed by atoms with E-state index < -0.39 is 0 Å². The third kappa shape index (κ3) is 2.46. The minimum Gasteiger partial charge on any atom is -0.377 e. The predicted octanol–water partition coefficient (Wildman–Crippen LogP) is 1.94. The first-order chi connectivity index (χ1) is 5.77. The first-order valence-corrected chi connectivity index (χ1v) is 5.15. The Kier molecular flexibility index (Phi) is 4.02. The fourth-order valence-electron chi connectivity index (χ4n) is 1.78. The third-order valence-corrected chi connectivity index (χ3v) is 2.81. The van der Waals surface area contributed by atoms with E-state index in [4.69, 9.17) is 4.74 Å². The van der Waals surface area contributed by atoms with E-state index in [9.17, 15) is 0 Å². The molecule has 1 heterocycles. The van der Waals surface area contributed by atoms with Crippen LogP contribution in [0.25, 0.3) is 0 Å². The zero-order chi connectivity index (χ0) is 8.97. The van der Waals surface area contributed by atoms with Gasteiger partial charge in [0.15, 0.2) is 0 Å². The monoisotopic (exact) mass is 171 g/mol. The van der Waals surface area contributed by atoms with E-state index in [0.717, 1.165) is 6.61 Å². The summed E-state index contributed by atoms with van der Waals surface area (Å²) in [5, 5.41) is 3.64. The Balaban J connectivity index is 2.28. The van der Waals surface area contributed by atoms with Crippen LogP contribution in [0.4, 0.5) is 0 Å². The lowest BCUT2D eigenvalue weighted by molar-refractivity contribution is 0.110. The average Bonchev–Trinajstić information content (AvgIpc) is 2.47. The SMILES string of the molecule is CCC(CC)NC1CCOC1C. The number of hydrogen-bond donors (Lipinski definition) is 1. The quantitative estimate of drug-likeness (QED) is 0.698. The van der Waals surface area contributed by atoms with Gasteiger partial charge in [0.2, 0.25) is 0 Å². The second-order valence-electron chi connectivity index (χ2n) is 3.65. The van der Waals surface area contributed by atoms with Crippen LogP contribution in [0.5, 0.6) is 0 Å². The van der Waals surface area contributed by atoms with Gasteiger partial charge < -0.3 is 10.1 Å². The van der Waals surface area contributed by atoms with Gasteiger partial charge >= 0.3 is 0 Å². The molecule has 0 saturated carbocycles. The van der Waals surface area contributed by atoms with Crippen molar-refractivity contribution in [2.24, 2.45) is 0 Å². The molecule has 12 heavy (non-hydrogen) atoms. The van der Waals surface area contributed by atoms with Crippen molar-refractivity contribution in [3.05, 3.63) is 0 Å². The van der Waals surface area contributed by atoms with Crippen molar-refractivity contribution in [2.75, 3.05) is 6.61 Å². The lowest BCUT2D eigenvalue weighted by atomic mass is 10.1. The lowest BCUT2D eigenvalue weighted by Crippen LogP contribution is -2.41. The molecular weight excluding hydrogens is 150 g/mol. The van der Waals surface area contributed by atoms with E-state index in [1.807, 2.05) is 0 Å². The van der Waals surface area contributed by atoms with E-state index in [1.54, 1.807) is 0 Å². The van der Waals surface area contributed by atoms with Crippen LogP contribution in [-0.4, -0.2) is 24.8 Å². The van der Waals surface area contributed by atoms with E-state index in [2.05, 4.69) is 26.1 Å². The minimum atomic E-state index is 0.408. The van der Waals surface area contributed by atoms with Gasteiger partial charge in [0.25, 0.3) is 0 Å². The van der Waals surface area contributed by atoms with Gasteiger partial charge in [-0.2, -0.15) is 0 Å². The average molecular weight is 171 g/mol. The van der Waals surface area contributed by atoms with Crippen LogP contribution in [-0.2, 0) is 4.74 Å². The molecule has 2 atom stereocenters. The molecular formula is C10H21NO. The molecule has 0 aromatic rings. The topological polar surface area (TPSA) is 21.3 Å². The van der Waals surface area contributed by atoms with E-state index in [0.29, 0.717) is 18.2 Å². The first kappa shape index (κ1) is 10.0. The summed E-state index contributed by atoms with van der Waals surface area (Å²) in [5.74, 6) is 0. The Labute approximate surface area is 75.7 Å². The lowest BCUT2D eigenvalue weighted by Gasteiger charge is -2.22. The second-order valence-corrected chi connectivity index (χ2v) is 3.65. The molecule has 1 N–H and O–H groups in total. The molecule has 2 unspecified atom stereocenters. The Hall–Kier alpha value is -0.0800. The number of nitrogens with one attached hydrogen (secondary N) is 1. The highest BCUT2D eigenvalue weighted by atomic mass is 16.5. The summed E-state index contributed by atoms with van der Waals surface area (Å²) < 4.78 is 5.49. The van der Waals surface area contributed by atoms with Crippen LogP contribution < -0.4 is 5.32 Å². The molecule has 0 bridgehead atoms. The summed E-state index contributed by atoms with van der Waals surface area (Å²) >= 11 is 0. The van der Waals surface area contributed by atoms with Gasteiger partial charge in [0.1, 0.15) is 0 Å². The molecule has 0 radical (unpaired) electrons. The van der Waals surface area contributed by atoms with Crippen molar-refractivity contribution in [3.8, 4) is 0 Å². The smallest absolute Gasteiger partial charge is 0.0700 e. The van der Waals surface area contributed by atoms with Gasteiger partial charge in [0, 0.05) is 18.7 Å². The maximum absolute atomic E-state index is 5.49. The predicted molar refractivity (Wildman–Crippen MR) is 51.3 cm³/mol. The summed E-state index contributed by atoms with van der Waals surface area (Å²) in [6.45, 7) is 7.56. The first-order valence-electron chi connectivity index (χ1n) is 5.15. The molecule has 1 rings (SSSR count). The van der Waals surface area contributed by atoms with E-state index in [1.165, 1.54) is 19.3 Å². The highest BCUT2D eigenvalue weighted by Crippen LogP contribution is 2.14. The summed E-state index contributed by atoms with van der Waals surface area (Å²) in [6.07, 6.45) is 4.03. The van der Waals surface area contributed by atoms with E-state index in [-0.39, 0.29) is 0 Å². The van der Waals surface area contributed by atoms with Gasteiger partial charge in [-0.25, -0.2) is 0 Å². The van der Waals surface area contributed by atoms with Crippen molar-refractivity contribution in [3.63, 3.8) is 0 Å². The molecule has 1 aliphatic heterocycles. The van der Waals surface area contributed by atoms with Crippen LogP contribution in [0, 0.1) is 0 Å². The zero-order valence-corrected chi connectivity index (χ0v) is 8.47. The summed E-state index contributed by atoms with van der Waals surface area (Å²) in [5.41, 5.74) is 0. The van der Waals surface area contributed by atoms with Crippen LogP contribution in [0.1, 0.15) is 40.0 Å². The van der Waals surface area contributed by atoms with Crippen molar-refractivity contribution in [1.82, 2.24) is 5.32 Å². The molecule has 0 aromatic carbocycles. The standard InChI is InChI=1S/C10H21NO/c1-4-9(5-2)11-10-6-7-12-8(10)3/h8-11H,4-7H2,1-3H3. The molecule has 0 amide bonds. The number of ether oxygens (including phenoxy) is 1. The molecule has 2 nitrogen and oxygen atoms in total. The van der Waals surface area contributed by atoms with Gasteiger partial charge in [0.05, 0.1) is 6.10 Å². The maximum Gasteiger partial charge on any atom is 0.0700 e. The van der Waals surface area contributed by atoms with Crippen molar-refractivity contribution in [2.45, 2.75) is 58.2 Å². The van der Waals surface area contributed by atoms with Gasteiger partial charge in [-0.1, -0.05) is 13.8 Å². The molecule has 0 spiro atoms. The molecule has 1 fully saturated rings. The largest absolute Gasteiger partial charge is 0.377 e. The molecule has 2 heteroatoms. The zero-order valence-electron chi connectivity index (χ0n) is 8.47. The third-order valence-electron chi connectivity index (χ3n) is 2.81. The van der Waals surface area contributed by atoms with Gasteiger partial charge in [-0.3, -0.25) is 0 Å². The summed E-state index contributed by atoms with van der Waals surface area (Å²) in [7, 11) is 0. The van der Waals surface area contributed by atoms with Crippen molar-refractivity contribution in [1.29, 1.82) is 0 Å². The molecule has 0 aromatic heterocycles. The Morgan fingerprint density at radius 2 is 2.08 bits per heavy atom. The van der Waals surface area contributed by atoms with Crippen LogP contribution in [0.3, 0.4) is 0 Å². The molecule has 72 valence electrons. The van der Waals surface area contributed by atoms with Crippen molar-refractivity contribution >= 4 is 0 Å². The summed E-state index contributed by atoms with van der Waals surface area (Å²) in [6, 6.07) is 1.27. The normalized spacial score (nSPS) is 30.0. The van der Waals surface area contributed by atoms with Gasteiger partial charge in [-0.05, 0) is 26.2 Å².